The van der Waals surface area contributed by atoms with Crippen LogP contribution in [0.2, 0.25) is 0 Å². The summed E-state index contributed by atoms with van der Waals surface area (Å²) in [6, 6.07) is 16.4. The average Bonchev–Trinajstić information content (AvgIpc) is 3.26. The van der Waals surface area contributed by atoms with Crippen LogP contribution in [0.1, 0.15) is 24.1 Å². The number of aryl methyl sites for hydroxylation is 1. The summed E-state index contributed by atoms with van der Waals surface area (Å²) in [4.78, 5) is 17.9. The van der Waals surface area contributed by atoms with Crippen molar-refractivity contribution in [3.8, 4) is 0 Å². The van der Waals surface area contributed by atoms with Gasteiger partial charge in [-0.15, -0.1) is 0 Å². The molecule has 6 nitrogen and oxygen atoms in total. The first-order valence-corrected chi connectivity index (χ1v) is 10.9. The third-order valence-corrected chi connectivity index (χ3v) is 6.25. The van der Waals surface area contributed by atoms with E-state index < -0.39 is 0 Å². The van der Waals surface area contributed by atoms with Gasteiger partial charge in [0.25, 0.3) is 5.91 Å². The number of aromatic nitrogens is 2. The van der Waals surface area contributed by atoms with Crippen molar-refractivity contribution in [1.82, 2.24) is 14.7 Å². The number of rotatable bonds is 3. The van der Waals surface area contributed by atoms with Crippen LogP contribution in [-0.4, -0.2) is 46.8 Å². The quantitative estimate of drug-likeness (QED) is 0.682. The summed E-state index contributed by atoms with van der Waals surface area (Å²) >= 11 is 0. The molecule has 1 saturated heterocycles. The van der Waals surface area contributed by atoms with Gasteiger partial charge in [-0.2, -0.15) is 5.10 Å². The molecule has 7 heteroatoms. The monoisotopic (exact) mass is 431 g/mol. The molecule has 2 aliphatic rings. The number of nitrogens with one attached hydrogen (secondary N) is 1. The van der Waals surface area contributed by atoms with Gasteiger partial charge in [-0.05, 0) is 43.7 Å². The van der Waals surface area contributed by atoms with Gasteiger partial charge in [-0.25, -0.2) is 9.07 Å². The Morgan fingerprint density at radius 2 is 1.78 bits per heavy atom. The SMILES string of the molecule is CC1=C(C(=O)N2CCN(c3ccc(F)cc3)CC2)C(c2cccc(C)c2)n2nccc2N1. The predicted molar refractivity (Wildman–Crippen MR) is 123 cm³/mol. The van der Waals surface area contributed by atoms with Crippen LogP contribution >= 0.6 is 0 Å². The van der Waals surface area contributed by atoms with Crippen LogP contribution in [-0.2, 0) is 4.79 Å². The Morgan fingerprint density at radius 1 is 1.03 bits per heavy atom. The Balaban J connectivity index is 1.41. The Kier molecular flexibility index (Phi) is 5.17. The third-order valence-electron chi connectivity index (χ3n) is 6.25. The van der Waals surface area contributed by atoms with Crippen LogP contribution in [0.3, 0.4) is 0 Å². The van der Waals surface area contributed by atoms with E-state index in [1.165, 1.54) is 12.1 Å². The lowest BCUT2D eigenvalue weighted by Crippen LogP contribution is -2.50. The zero-order valence-corrected chi connectivity index (χ0v) is 18.3. The smallest absolute Gasteiger partial charge is 0.254 e. The van der Waals surface area contributed by atoms with Gasteiger partial charge in [-0.3, -0.25) is 4.79 Å². The number of anilines is 2. The molecule has 2 aliphatic heterocycles. The first-order valence-electron chi connectivity index (χ1n) is 10.9. The number of allylic oxidation sites excluding steroid dienone is 1. The molecule has 0 bridgehead atoms. The van der Waals surface area contributed by atoms with Crippen LogP contribution in [0.4, 0.5) is 15.9 Å². The Bertz CT molecular complexity index is 1180. The van der Waals surface area contributed by atoms with Crippen LogP contribution in [0.5, 0.6) is 0 Å². The highest BCUT2D eigenvalue weighted by Crippen LogP contribution is 2.36. The summed E-state index contributed by atoms with van der Waals surface area (Å²) in [5.41, 5.74) is 4.75. The van der Waals surface area contributed by atoms with E-state index >= 15 is 0 Å². The Labute approximate surface area is 186 Å². The molecular weight excluding hydrogens is 405 g/mol. The maximum atomic E-state index is 13.8. The average molecular weight is 432 g/mol. The maximum Gasteiger partial charge on any atom is 0.254 e. The van der Waals surface area contributed by atoms with Gasteiger partial charge in [0.05, 0.1) is 11.8 Å². The van der Waals surface area contributed by atoms with Gasteiger partial charge < -0.3 is 15.1 Å². The Morgan fingerprint density at radius 3 is 2.50 bits per heavy atom. The van der Waals surface area contributed by atoms with Crippen molar-refractivity contribution in [1.29, 1.82) is 0 Å². The molecule has 2 aromatic carbocycles. The highest BCUT2D eigenvalue weighted by Gasteiger charge is 2.35. The predicted octanol–water partition coefficient (Wildman–Crippen LogP) is 3.97. The van der Waals surface area contributed by atoms with E-state index in [4.69, 9.17) is 0 Å². The van der Waals surface area contributed by atoms with Crippen molar-refractivity contribution >= 4 is 17.4 Å². The molecule has 1 unspecified atom stereocenters. The molecule has 0 aliphatic carbocycles. The van der Waals surface area contributed by atoms with Crippen molar-refractivity contribution in [2.45, 2.75) is 19.9 Å². The van der Waals surface area contributed by atoms with Gasteiger partial charge in [0.2, 0.25) is 0 Å². The minimum atomic E-state index is -0.274. The molecule has 3 aromatic rings. The second-order valence-electron chi connectivity index (χ2n) is 8.40. The number of halogens is 1. The van der Waals surface area contributed by atoms with Crippen molar-refractivity contribution in [3.05, 3.63) is 89.0 Å². The maximum absolute atomic E-state index is 13.8. The van der Waals surface area contributed by atoms with E-state index in [2.05, 4.69) is 40.4 Å². The van der Waals surface area contributed by atoms with Gasteiger partial charge in [0, 0.05) is 43.6 Å². The molecule has 1 aromatic heterocycles. The highest BCUT2D eigenvalue weighted by atomic mass is 19.1. The fraction of sp³-hybridized carbons (Fsp3) is 0.280. The van der Waals surface area contributed by atoms with Crippen LogP contribution in [0, 0.1) is 12.7 Å². The number of amides is 1. The lowest BCUT2D eigenvalue weighted by Gasteiger charge is -2.38. The lowest BCUT2D eigenvalue weighted by molar-refractivity contribution is -0.128. The number of nitrogens with zero attached hydrogens (tertiary/aromatic N) is 4. The lowest BCUT2D eigenvalue weighted by atomic mass is 9.93. The molecule has 0 radical (unpaired) electrons. The fourth-order valence-corrected chi connectivity index (χ4v) is 4.62. The molecule has 5 rings (SSSR count). The summed E-state index contributed by atoms with van der Waals surface area (Å²) in [6.07, 6.45) is 1.76. The number of benzene rings is 2. The molecular formula is C25H26FN5O. The van der Waals surface area contributed by atoms with Gasteiger partial charge >= 0.3 is 0 Å². The molecule has 32 heavy (non-hydrogen) atoms. The number of piperazine rings is 1. The summed E-state index contributed by atoms with van der Waals surface area (Å²) in [7, 11) is 0. The fourth-order valence-electron chi connectivity index (χ4n) is 4.62. The normalized spacial score (nSPS) is 18.4. The van der Waals surface area contributed by atoms with E-state index in [0.29, 0.717) is 26.2 Å². The molecule has 164 valence electrons. The zero-order chi connectivity index (χ0) is 22.2. The number of hydrogen-bond donors (Lipinski definition) is 1. The van der Waals surface area contributed by atoms with E-state index in [9.17, 15) is 9.18 Å². The van der Waals surface area contributed by atoms with Crippen molar-refractivity contribution < 1.29 is 9.18 Å². The molecule has 3 heterocycles. The summed E-state index contributed by atoms with van der Waals surface area (Å²) in [5, 5.41) is 7.88. The van der Waals surface area contributed by atoms with Crippen LogP contribution in [0.15, 0.2) is 72.1 Å². The van der Waals surface area contributed by atoms with Gasteiger partial charge in [0.15, 0.2) is 0 Å². The van der Waals surface area contributed by atoms with E-state index in [0.717, 1.165) is 33.9 Å². The minimum absolute atomic E-state index is 0.0291. The minimum Gasteiger partial charge on any atom is -0.368 e. The number of fused-ring (bicyclic) bond motifs is 1. The van der Waals surface area contributed by atoms with Crippen LogP contribution in [0.25, 0.3) is 0 Å². The van der Waals surface area contributed by atoms with Gasteiger partial charge in [0.1, 0.15) is 17.7 Å². The second kappa shape index (κ2) is 8.15. The van der Waals surface area contributed by atoms with Gasteiger partial charge in [-0.1, -0.05) is 29.8 Å². The standard InChI is InChI=1S/C25H26FN5O/c1-17-4-3-5-19(16-17)24-23(18(2)28-22-10-11-27-31(22)24)25(32)30-14-12-29(13-15-30)21-8-6-20(26)7-9-21/h3-11,16,24,28H,12-15H2,1-2H3. The van der Waals surface area contributed by atoms with Crippen molar-refractivity contribution in [3.63, 3.8) is 0 Å². The molecule has 1 N–H and O–H groups in total. The van der Waals surface area contributed by atoms with Crippen LogP contribution < -0.4 is 10.2 Å². The summed E-state index contributed by atoms with van der Waals surface area (Å²) < 4.78 is 15.2. The van der Waals surface area contributed by atoms with Crippen molar-refractivity contribution in [2.24, 2.45) is 0 Å². The first-order chi connectivity index (χ1) is 15.5. The molecule has 1 fully saturated rings. The topological polar surface area (TPSA) is 53.4 Å². The van der Waals surface area contributed by atoms with E-state index in [1.807, 2.05) is 28.6 Å². The molecule has 0 spiro atoms. The van der Waals surface area contributed by atoms with Crippen molar-refractivity contribution in [2.75, 3.05) is 36.4 Å². The molecule has 0 saturated carbocycles. The number of carbonyl (C=O) groups excluding carboxylic acids is 1. The number of hydrogen-bond acceptors (Lipinski definition) is 4. The number of carbonyl (C=O) groups is 1. The second-order valence-corrected chi connectivity index (χ2v) is 8.40. The highest BCUT2D eigenvalue weighted by molar-refractivity contribution is 5.97. The Hall–Kier alpha value is -3.61. The summed E-state index contributed by atoms with van der Waals surface area (Å²) in [6.45, 7) is 6.65. The molecule has 1 amide bonds. The third kappa shape index (κ3) is 3.64. The van der Waals surface area contributed by atoms with E-state index in [-0.39, 0.29) is 17.8 Å². The van der Waals surface area contributed by atoms with E-state index in [1.54, 1.807) is 18.3 Å². The zero-order valence-electron chi connectivity index (χ0n) is 18.3. The largest absolute Gasteiger partial charge is 0.368 e. The summed E-state index contributed by atoms with van der Waals surface area (Å²) in [5.74, 6) is 0.669. The first kappa shape index (κ1) is 20.3. The molecule has 1 atom stereocenters.